The third kappa shape index (κ3) is 4.15. The fourth-order valence-corrected chi connectivity index (χ4v) is 1.54. The van der Waals surface area contributed by atoms with Crippen molar-refractivity contribution in [2.24, 2.45) is 0 Å². The molecule has 90 valence electrons. The zero-order valence-electron chi connectivity index (χ0n) is 9.29. The van der Waals surface area contributed by atoms with Crippen molar-refractivity contribution in [3.63, 3.8) is 0 Å². The Morgan fingerprint density at radius 1 is 1.59 bits per heavy atom. The number of ether oxygens (including phenoxy) is 1. The summed E-state index contributed by atoms with van der Waals surface area (Å²) in [6, 6.07) is 5.36. The molecule has 0 saturated carbocycles. The topological polar surface area (TPSA) is 58.6 Å². The molecule has 0 heterocycles. The number of hydrogen-bond donors (Lipinski definition) is 2. The van der Waals surface area contributed by atoms with Crippen molar-refractivity contribution in [3.05, 3.63) is 23.8 Å². The standard InChI is InChI=1S/C12H12INO3/c1-2-9-5-3-6-10(14-12(15)16)11(9)17-8-4-7-13/h3,5-6,14H,2,8H2,1H3,(H,15,16). The SMILES string of the molecule is CCc1cccc(NC(=O)O)c1OCC#CI. The number of hydrogen-bond acceptors (Lipinski definition) is 2. The minimum absolute atomic E-state index is 0.244. The average Bonchev–Trinajstić information content (AvgIpc) is 2.30. The molecule has 0 spiro atoms. The van der Waals surface area contributed by atoms with Crippen LogP contribution in [0.25, 0.3) is 0 Å². The van der Waals surface area contributed by atoms with E-state index in [9.17, 15) is 4.79 Å². The molecule has 4 nitrogen and oxygen atoms in total. The molecular weight excluding hydrogens is 333 g/mol. The van der Waals surface area contributed by atoms with Gasteiger partial charge in [0.1, 0.15) is 12.4 Å². The Balaban J connectivity index is 3.00. The summed E-state index contributed by atoms with van der Waals surface area (Å²) in [6.45, 7) is 2.23. The van der Waals surface area contributed by atoms with Gasteiger partial charge in [0.2, 0.25) is 0 Å². The molecule has 1 aromatic carbocycles. The van der Waals surface area contributed by atoms with Crippen LogP contribution in [0.3, 0.4) is 0 Å². The van der Waals surface area contributed by atoms with Crippen LogP contribution >= 0.6 is 22.6 Å². The second-order valence-corrected chi connectivity index (χ2v) is 3.68. The number of carbonyl (C=O) groups is 1. The molecule has 17 heavy (non-hydrogen) atoms. The molecule has 2 N–H and O–H groups in total. The van der Waals surface area contributed by atoms with Crippen molar-refractivity contribution < 1.29 is 14.6 Å². The van der Waals surface area contributed by atoms with Crippen molar-refractivity contribution in [1.29, 1.82) is 0 Å². The molecule has 1 aromatic rings. The van der Waals surface area contributed by atoms with Crippen LogP contribution in [0.2, 0.25) is 0 Å². The summed E-state index contributed by atoms with van der Waals surface area (Å²) in [7, 11) is 0. The zero-order valence-corrected chi connectivity index (χ0v) is 11.4. The van der Waals surface area contributed by atoms with Crippen LogP contribution in [0, 0.1) is 9.85 Å². The van der Waals surface area contributed by atoms with E-state index >= 15 is 0 Å². The minimum Gasteiger partial charge on any atom is -0.478 e. The van der Waals surface area contributed by atoms with Gasteiger partial charge in [-0.3, -0.25) is 5.32 Å². The van der Waals surface area contributed by atoms with Gasteiger partial charge in [0, 0.05) is 22.6 Å². The fraction of sp³-hybridized carbons (Fsp3) is 0.250. The summed E-state index contributed by atoms with van der Waals surface area (Å²) < 4.78 is 8.19. The highest BCUT2D eigenvalue weighted by atomic mass is 127. The van der Waals surface area contributed by atoms with Gasteiger partial charge in [-0.25, -0.2) is 4.79 Å². The lowest BCUT2D eigenvalue weighted by Crippen LogP contribution is -2.10. The van der Waals surface area contributed by atoms with E-state index in [1.165, 1.54) is 0 Å². The molecule has 1 amide bonds. The molecular formula is C12H12INO3. The van der Waals surface area contributed by atoms with Crippen LogP contribution in [0.1, 0.15) is 12.5 Å². The summed E-state index contributed by atoms with van der Waals surface area (Å²) >= 11 is 1.93. The quantitative estimate of drug-likeness (QED) is 0.651. The number of para-hydroxylation sites is 1. The molecule has 0 aliphatic rings. The van der Waals surface area contributed by atoms with Crippen LogP contribution in [0.15, 0.2) is 18.2 Å². The predicted octanol–water partition coefficient (Wildman–Crippen LogP) is 3.11. The highest BCUT2D eigenvalue weighted by molar-refractivity contribution is 14.1. The van der Waals surface area contributed by atoms with Gasteiger partial charge < -0.3 is 9.84 Å². The maximum atomic E-state index is 10.7. The molecule has 0 aliphatic heterocycles. The summed E-state index contributed by atoms with van der Waals surface area (Å²) in [5, 5.41) is 11.0. The zero-order chi connectivity index (χ0) is 12.7. The van der Waals surface area contributed by atoms with Gasteiger partial charge in [0.15, 0.2) is 0 Å². The lowest BCUT2D eigenvalue weighted by atomic mass is 10.1. The van der Waals surface area contributed by atoms with Crippen LogP contribution in [-0.2, 0) is 6.42 Å². The van der Waals surface area contributed by atoms with E-state index < -0.39 is 6.09 Å². The number of halogens is 1. The van der Waals surface area contributed by atoms with E-state index in [4.69, 9.17) is 9.84 Å². The number of carboxylic acid groups (broad SMARTS) is 1. The monoisotopic (exact) mass is 345 g/mol. The van der Waals surface area contributed by atoms with Crippen molar-refractivity contribution in [2.45, 2.75) is 13.3 Å². The Labute approximate surface area is 114 Å². The molecule has 5 heteroatoms. The van der Waals surface area contributed by atoms with Gasteiger partial charge in [-0.2, -0.15) is 0 Å². The third-order valence-electron chi connectivity index (χ3n) is 2.07. The summed E-state index contributed by atoms with van der Waals surface area (Å²) in [5.41, 5.74) is 1.40. The van der Waals surface area contributed by atoms with Gasteiger partial charge in [0.05, 0.1) is 5.69 Å². The van der Waals surface area contributed by atoms with Gasteiger partial charge in [0.25, 0.3) is 0 Å². The highest BCUT2D eigenvalue weighted by Gasteiger charge is 2.10. The largest absolute Gasteiger partial charge is 0.478 e. The molecule has 0 aliphatic carbocycles. The predicted molar refractivity (Wildman–Crippen MR) is 74.8 cm³/mol. The van der Waals surface area contributed by atoms with Crippen molar-refractivity contribution in [3.8, 4) is 15.6 Å². The Bertz CT molecular complexity index is 463. The second-order valence-electron chi connectivity index (χ2n) is 3.14. The lowest BCUT2D eigenvalue weighted by Gasteiger charge is -2.13. The number of nitrogens with one attached hydrogen (secondary N) is 1. The fourth-order valence-electron chi connectivity index (χ4n) is 1.38. The van der Waals surface area contributed by atoms with Gasteiger partial charge in [-0.15, -0.1) is 0 Å². The first-order valence-electron chi connectivity index (χ1n) is 5.02. The number of amides is 1. The van der Waals surface area contributed by atoms with E-state index in [2.05, 4.69) is 15.2 Å². The molecule has 0 unspecified atom stereocenters. The smallest absolute Gasteiger partial charge is 0.409 e. The van der Waals surface area contributed by atoms with Crippen molar-refractivity contribution >= 4 is 34.4 Å². The highest BCUT2D eigenvalue weighted by Crippen LogP contribution is 2.29. The molecule has 0 fully saturated rings. The Kier molecular flexibility index (Phi) is 5.63. The Morgan fingerprint density at radius 2 is 2.35 bits per heavy atom. The molecule has 1 rings (SSSR count). The van der Waals surface area contributed by atoms with E-state index in [1.807, 2.05) is 35.6 Å². The molecule has 0 saturated heterocycles. The molecule has 0 bridgehead atoms. The van der Waals surface area contributed by atoms with Gasteiger partial charge in [-0.1, -0.05) is 25.0 Å². The first-order chi connectivity index (χ1) is 8.19. The number of anilines is 1. The maximum absolute atomic E-state index is 10.7. The van der Waals surface area contributed by atoms with Crippen LogP contribution in [-0.4, -0.2) is 17.8 Å². The van der Waals surface area contributed by atoms with Crippen molar-refractivity contribution in [2.75, 3.05) is 11.9 Å². The van der Waals surface area contributed by atoms with Crippen LogP contribution in [0.4, 0.5) is 10.5 Å². The second kappa shape index (κ2) is 7.01. The van der Waals surface area contributed by atoms with E-state index in [0.717, 1.165) is 12.0 Å². The summed E-state index contributed by atoms with van der Waals surface area (Å²) in [6.07, 6.45) is -0.342. The lowest BCUT2D eigenvalue weighted by molar-refractivity contribution is 0.209. The molecule has 0 radical (unpaired) electrons. The molecule has 0 atom stereocenters. The van der Waals surface area contributed by atoms with Gasteiger partial charge in [-0.05, 0) is 22.0 Å². The van der Waals surface area contributed by atoms with Crippen LogP contribution in [0.5, 0.6) is 5.75 Å². The summed E-state index contributed by atoms with van der Waals surface area (Å²) in [5.74, 6) is 3.32. The minimum atomic E-state index is -1.11. The van der Waals surface area contributed by atoms with E-state index in [0.29, 0.717) is 11.4 Å². The van der Waals surface area contributed by atoms with E-state index in [1.54, 1.807) is 12.1 Å². The third-order valence-corrected chi connectivity index (χ3v) is 2.46. The normalized spacial score (nSPS) is 9.06. The first-order valence-corrected chi connectivity index (χ1v) is 6.10. The van der Waals surface area contributed by atoms with Crippen LogP contribution < -0.4 is 10.1 Å². The summed E-state index contributed by atoms with van der Waals surface area (Å²) in [4.78, 5) is 10.7. The van der Waals surface area contributed by atoms with E-state index in [-0.39, 0.29) is 6.61 Å². The number of benzene rings is 1. The number of rotatable bonds is 4. The Morgan fingerprint density at radius 3 is 2.94 bits per heavy atom. The first kappa shape index (κ1) is 13.6. The Hall–Kier alpha value is -1.42. The average molecular weight is 345 g/mol. The molecule has 0 aromatic heterocycles. The van der Waals surface area contributed by atoms with Crippen molar-refractivity contribution in [1.82, 2.24) is 0 Å². The maximum Gasteiger partial charge on any atom is 0.409 e. The number of aryl methyl sites for hydroxylation is 1. The van der Waals surface area contributed by atoms with Gasteiger partial charge >= 0.3 is 6.09 Å².